The molecule has 1 atom stereocenters. The molecule has 0 radical (unpaired) electrons. The van der Waals surface area contributed by atoms with Crippen LogP contribution in [0, 0.1) is 11.3 Å². The Bertz CT molecular complexity index is 1000. The molecule has 4 rings (SSSR count). The summed E-state index contributed by atoms with van der Waals surface area (Å²) in [6.07, 6.45) is 1.76. The highest BCUT2D eigenvalue weighted by atomic mass is 35.5. The summed E-state index contributed by atoms with van der Waals surface area (Å²) in [7, 11) is 0. The van der Waals surface area contributed by atoms with E-state index in [2.05, 4.69) is 21.8 Å². The number of benzene rings is 2. The monoisotopic (exact) mass is 409 g/mol. The number of ether oxygens (including phenoxy) is 1. The Morgan fingerprint density at radius 2 is 1.93 bits per heavy atom. The van der Waals surface area contributed by atoms with Crippen LogP contribution in [0.2, 0.25) is 0 Å². The Morgan fingerprint density at radius 3 is 2.59 bits per heavy atom. The molecule has 0 bridgehead atoms. The number of amides is 1. The van der Waals surface area contributed by atoms with Crippen molar-refractivity contribution in [1.82, 2.24) is 15.1 Å². The van der Waals surface area contributed by atoms with Gasteiger partial charge < -0.3 is 15.4 Å². The summed E-state index contributed by atoms with van der Waals surface area (Å²) in [5.41, 5.74) is 3.45. The van der Waals surface area contributed by atoms with Crippen LogP contribution in [0.1, 0.15) is 27.7 Å². The summed E-state index contributed by atoms with van der Waals surface area (Å²) in [6.45, 7) is 2.36. The van der Waals surface area contributed by atoms with Gasteiger partial charge in [0.15, 0.2) is 5.69 Å². The minimum Gasteiger partial charge on any atom is -0.371 e. The molecule has 0 saturated carbocycles. The molecule has 1 saturated heterocycles. The highest BCUT2D eigenvalue weighted by Crippen LogP contribution is 2.21. The number of aromatic nitrogens is 2. The van der Waals surface area contributed by atoms with Crippen molar-refractivity contribution >= 4 is 24.0 Å². The largest absolute Gasteiger partial charge is 0.371 e. The minimum atomic E-state index is -0.282. The van der Waals surface area contributed by atoms with Crippen LogP contribution in [-0.2, 0) is 4.74 Å². The third-order valence-corrected chi connectivity index (χ3v) is 4.55. The van der Waals surface area contributed by atoms with Crippen LogP contribution in [0.4, 0.5) is 5.69 Å². The van der Waals surface area contributed by atoms with Crippen LogP contribution in [0.5, 0.6) is 0 Å². The lowest BCUT2D eigenvalue weighted by molar-refractivity contribution is 0.0277. The summed E-state index contributed by atoms with van der Waals surface area (Å²) >= 11 is 0. The molecule has 7 nitrogen and oxygen atoms in total. The van der Waals surface area contributed by atoms with Gasteiger partial charge in [0.2, 0.25) is 0 Å². The van der Waals surface area contributed by atoms with Gasteiger partial charge in [-0.1, -0.05) is 12.1 Å². The lowest BCUT2D eigenvalue weighted by Crippen LogP contribution is -2.33. The number of halogens is 1. The standard InChI is InChI=1S/C21H19N5O2.ClH/c22-13-15-1-7-18(8-2-15)26-11-9-19(25-26)21(27)24-17-5-3-16(4-6-17)20-14-23-10-12-28-20;/h1-9,11,20,23H,10,12,14H2,(H,24,27);1H/t20-;/m1./s1. The number of carbonyl (C=O) groups is 1. The first-order valence-electron chi connectivity index (χ1n) is 9.03. The van der Waals surface area contributed by atoms with Gasteiger partial charge in [0, 0.05) is 25.0 Å². The van der Waals surface area contributed by atoms with Crippen molar-refractivity contribution in [2.24, 2.45) is 0 Å². The third kappa shape index (κ3) is 4.81. The van der Waals surface area contributed by atoms with Crippen molar-refractivity contribution in [2.45, 2.75) is 6.10 Å². The summed E-state index contributed by atoms with van der Waals surface area (Å²) < 4.78 is 7.34. The van der Waals surface area contributed by atoms with Gasteiger partial charge >= 0.3 is 0 Å². The molecule has 2 N–H and O–H groups in total. The zero-order valence-corrected chi connectivity index (χ0v) is 16.4. The number of carbonyl (C=O) groups excluding carboxylic acids is 1. The molecule has 0 unspecified atom stereocenters. The molecule has 1 aromatic heterocycles. The fraction of sp³-hybridized carbons (Fsp3) is 0.190. The second-order valence-corrected chi connectivity index (χ2v) is 6.44. The van der Waals surface area contributed by atoms with Crippen LogP contribution in [-0.4, -0.2) is 35.4 Å². The number of anilines is 1. The van der Waals surface area contributed by atoms with Crippen molar-refractivity contribution in [3.05, 3.63) is 77.6 Å². The zero-order chi connectivity index (χ0) is 19.3. The number of nitriles is 1. The van der Waals surface area contributed by atoms with E-state index < -0.39 is 0 Å². The van der Waals surface area contributed by atoms with Gasteiger partial charge in [0.1, 0.15) is 0 Å². The van der Waals surface area contributed by atoms with E-state index in [1.54, 1.807) is 41.2 Å². The van der Waals surface area contributed by atoms with Crippen LogP contribution >= 0.6 is 12.4 Å². The molecular weight excluding hydrogens is 390 g/mol. The van der Waals surface area contributed by atoms with Crippen molar-refractivity contribution in [3.8, 4) is 11.8 Å². The van der Waals surface area contributed by atoms with Gasteiger partial charge in [-0.25, -0.2) is 4.68 Å². The van der Waals surface area contributed by atoms with Crippen molar-refractivity contribution in [1.29, 1.82) is 5.26 Å². The van der Waals surface area contributed by atoms with Crippen LogP contribution in [0.15, 0.2) is 60.8 Å². The van der Waals surface area contributed by atoms with Gasteiger partial charge in [-0.15, -0.1) is 12.4 Å². The Hall–Kier alpha value is -3.18. The van der Waals surface area contributed by atoms with E-state index >= 15 is 0 Å². The van der Waals surface area contributed by atoms with E-state index in [0.717, 1.165) is 24.3 Å². The smallest absolute Gasteiger partial charge is 0.276 e. The van der Waals surface area contributed by atoms with Crippen molar-refractivity contribution in [3.63, 3.8) is 0 Å². The molecule has 8 heteroatoms. The van der Waals surface area contributed by atoms with E-state index in [9.17, 15) is 4.79 Å². The normalized spacial score (nSPS) is 15.8. The van der Waals surface area contributed by atoms with Gasteiger partial charge in [-0.2, -0.15) is 10.4 Å². The van der Waals surface area contributed by atoms with Crippen molar-refractivity contribution in [2.75, 3.05) is 25.0 Å². The van der Waals surface area contributed by atoms with Gasteiger partial charge in [-0.05, 0) is 48.0 Å². The third-order valence-electron chi connectivity index (χ3n) is 4.55. The quantitative estimate of drug-likeness (QED) is 0.690. The fourth-order valence-corrected chi connectivity index (χ4v) is 3.03. The lowest BCUT2D eigenvalue weighted by atomic mass is 10.1. The second kappa shape index (κ2) is 9.34. The highest BCUT2D eigenvalue weighted by molar-refractivity contribution is 6.02. The molecule has 1 aliphatic heterocycles. The first kappa shape index (κ1) is 20.6. The predicted octanol–water partition coefficient (Wildman–Crippen LogP) is 3.08. The molecule has 1 fully saturated rings. The molecule has 148 valence electrons. The van der Waals surface area contributed by atoms with E-state index in [4.69, 9.17) is 10.00 Å². The number of nitrogens with one attached hydrogen (secondary N) is 2. The van der Waals surface area contributed by atoms with Crippen LogP contribution in [0.25, 0.3) is 5.69 Å². The second-order valence-electron chi connectivity index (χ2n) is 6.44. The molecular formula is C21H20ClN5O2. The van der Waals surface area contributed by atoms with E-state index in [1.165, 1.54) is 0 Å². The number of nitrogens with zero attached hydrogens (tertiary/aromatic N) is 3. The lowest BCUT2D eigenvalue weighted by Gasteiger charge is -2.24. The Balaban J connectivity index is 0.00000240. The molecule has 2 heterocycles. The fourth-order valence-electron chi connectivity index (χ4n) is 3.03. The van der Waals surface area contributed by atoms with E-state index in [1.807, 2.05) is 24.3 Å². The summed E-state index contributed by atoms with van der Waals surface area (Å²) in [4.78, 5) is 12.5. The highest BCUT2D eigenvalue weighted by Gasteiger charge is 2.16. The molecule has 2 aromatic carbocycles. The van der Waals surface area contributed by atoms with Gasteiger partial charge in [0.05, 0.1) is 30.0 Å². The number of morpholine rings is 1. The number of rotatable bonds is 4. The Labute approximate surface area is 174 Å². The van der Waals surface area contributed by atoms with Crippen molar-refractivity contribution < 1.29 is 9.53 Å². The molecule has 1 aliphatic rings. The minimum absolute atomic E-state index is 0. The van der Waals surface area contributed by atoms with Gasteiger partial charge in [0.25, 0.3) is 5.91 Å². The average molecular weight is 410 g/mol. The summed E-state index contributed by atoms with van der Waals surface area (Å²) in [6, 6.07) is 18.4. The SMILES string of the molecule is Cl.N#Cc1ccc(-n2ccc(C(=O)Nc3ccc([C@H]4CNCCO4)cc3)n2)cc1. The summed E-state index contributed by atoms with van der Waals surface area (Å²) in [5.74, 6) is -0.282. The first-order chi connectivity index (χ1) is 13.7. The number of hydrogen-bond acceptors (Lipinski definition) is 5. The van der Waals surface area contributed by atoms with E-state index in [0.29, 0.717) is 23.6 Å². The predicted molar refractivity (Wildman–Crippen MR) is 111 cm³/mol. The maximum Gasteiger partial charge on any atom is 0.276 e. The Morgan fingerprint density at radius 1 is 1.17 bits per heavy atom. The molecule has 29 heavy (non-hydrogen) atoms. The van der Waals surface area contributed by atoms with Crippen LogP contribution in [0.3, 0.4) is 0 Å². The first-order valence-corrected chi connectivity index (χ1v) is 9.03. The maximum absolute atomic E-state index is 12.5. The van der Waals surface area contributed by atoms with Gasteiger partial charge in [-0.3, -0.25) is 4.79 Å². The van der Waals surface area contributed by atoms with E-state index in [-0.39, 0.29) is 24.4 Å². The number of hydrogen-bond donors (Lipinski definition) is 2. The zero-order valence-electron chi connectivity index (χ0n) is 15.5. The molecule has 3 aromatic rings. The Kier molecular flexibility index (Phi) is 6.62. The molecule has 1 amide bonds. The molecule has 0 aliphatic carbocycles. The van der Waals surface area contributed by atoms with Crippen LogP contribution < -0.4 is 10.6 Å². The summed E-state index contributed by atoms with van der Waals surface area (Å²) in [5, 5.41) is 19.3. The maximum atomic E-state index is 12.5. The average Bonchev–Trinajstić information content (AvgIpc) is 3.25. The topological polar surface area (TPSA) is 92.0 Å². The molecule has 0 spiro atoms.